The van der Waals surface area contributed by atoms with Crippen LogP contribution in [0.25, 0.3) is 22.0 Å². The number of hydrogen-bond donors (Lipinski definition) is 2. The molecule has 0 aliphatic heterocycles. The normalized spacial score (nSPS) is 11.0. The third-order valence-electron chi connectivity index (χ3n) is 5.25. The number of aromatic nitrogens is 1. The maximum Gasteiger partial charge on any atom is 0.323 e. The molecule has 0 aliphatic rings. The van der Waals surface area contributed by atoms with Crippen LogP contribution in [0.3, 0.4) is 0 Å². The molecular formula is C25H20ClFN2O3. The fraction of sp³-hybridized carbons (Fsp3) is 0.120. The van der Waals surface area contributed by atoms with Crippen LogP contribution in [-0.4, -0.2) is 33.4 Å². The van der Waals surface area contributed by atoms with E-state index in [2.05, 4.69) is 4.98 Å². The molecule has 1 heterocycles. The van der Waals surface area contributed by atoms with Crippen LogP contribution in [0.4, 0.5) is 4.39 Å². The first-order valence-corrected chi connectivity index (χ1v) is 10.3. The lowest BCUT2D eigenvalue weighted by molar-refractivity contribution is -0.137. The van der Waals surface area contributed by atoms with Gasteiger partial charge in [0.15, 0.2) is 0 Å². The number of carbonyl (C=O) groups is 2. The molecule has 1 amide bonds. The van der Waals surface area contributed by atoms with Gasteiger partial charge < -0.3 is 15.0 Å². The first-order chi connectivity index (χ1) is 15.3. The number of halogens is 2. The molecule has 32 heavy (non-hydrogen) atoms. The van der Waals surface area contributed by atoms with Crippen LogP contribution in [0.1, 0.15) is 21.6 Å². The zero-order valence-electron chi connectivity index (χ0n) is 17.2. The van der Waals surface area contributed by atoms with E-state index in [1.165, 1.54) is 18.2 Å². The highest BCUT2D eigenvalue weighted by atomic mass is 35.5. The summed E-state index contributed by atoms with van der Waals surface area (Å²) in [4.78, 5) is 29.4. The number of rotatable bonds is 6. The van der Waals surface area contributed by atoms with Gasteiger partial charge in [0.1, 0.15) is 18.1 Å². The van der Waals surface area contributed by atoms with Crippen molar-refractivity contribution in [3.8, 4) is 11.1 Å². The molecule has 0 fully saturated rings. The van der Waals surface area contributed by atoms with E-state index in [1.54, 1.807) is 0 Å². The van der Waals surface area contributed by atoms with Crippen LogP contribution < -0.4 is 0 Å². The molecule has 3 aromatic carbocycles. The zero-order valence-corrected chi connectivity index (χ0v) is 18.0. The highest BCUT2D eigenvalue weighted by molar-refractivity contribution is 6.31. The Kier molecular flexibility index (Phi) is 5.97. The van der Waals surface area contributed by atoms with E-state index in [-0.39, 0.29) is 22.8 Å². The van der Waals surface area contributed by atoms with Crippen LogP contribution in [-0.2, 0) is 11.3 Å². The van der Waals surface area contributed by atoms with Crippen molar-refractivity contribution in [3.05, 3.63) is 94.4 Å². The van der Waals surface area contributed by atoms with Gasteiger partial charge in [-0.1, -0.05) is 59.6 Å². The Hall–Kier alpha value is -3.64. The van der Waals surface area contributed by atoms with Gasteiger partial charge in [0.25, 0.3) is 5.91 Å². The number of aliphatic carboxylic acids is 1. The Bertz CT molecular complexity index is 1300. The van der Waals surface area contributed by atoms with Gasteiger partial charge in [0, 0.05) is 27.1 Å². The summed E-state index contributed by atoms with van der Waals surface area (Å²) in [5, 5.41) is 10.4. The van der Waals surface area contributed by atoms with Crippen molar-refractivity contribution in [2.75, 3.05) is 6.54 Å². The monoisotopic (exact) mass is 450 g/mol. The summed E-state index contributed by atoms with van der Waals surface area (Å²) in [6.45, 7) is 1.07. The number of fused-ring (bicyclic) bond motifs is 1. The first-order valence-electron chi connectivity index (χ1n) is 9.97. The second kappa shape index (κ2) is 8.85. The standard InChI is InChI=1S/C25H20ClFN2O3/c1-15-10-11-21-17(12-15)23(16-6-3-2-4-7-16)24(28-21)25(32)29(14-22(30)31)13-18-19(26)8-5-9-20(18)27/h2-12,28H,13-14H2,1H3,(H,30,31). The van der Waals surface area contributed by atoms with Gasteiger partial charge in [0.2, 0.25) is 0 Å². The molecule has 7 heteroatoms. The molecule has 0 saturated heterocycles. The number of carboxylic acid groups (broad SMARTS) is 1. The molecule has 0 aliphatic carbocycles. The maximum atomic E-state index is 14.4. The summed E-state index contributed by atoms with van der Waals surface area (Å²) < 4.78 is 14.4. The Morgan fingerprint density at radius 3 is 2.50 bits per heavy atom. The average Bonchev–Trinajstić information content (AvgIpc) is 3.14. The van der Waals surface area contributed by atoms with E-state index in [9.17, 15) is 19.1 Å². The molecule has 162 valence electrons. The molecule has 0 bridgehead atoms. The number of carboxylic acids is 1. The van der Waals surface area contributed by atoms with E-state index in [0.717, 1.165) is 26.9 Å². The SMILES string of the molecule is Cc1ccc2[nH]c(C(=O)N(CC(=O)O)Cc3c(F)cccc3Cl)c(-c3ccccc3)c2c1. The summed E-state index contributed by atoms with van der Waals surface area (Å²) in [7, 11) is 0. The van der Waals surface area contributed by atoms with Gasteiger partial charge in [-0.15, -0.1) is 0 Å². The fourth-order valence-corrected chi connectivity index (χ4v) is 3.99. The zero-order chi connectivity index (χ0) is 22.8. The van der Waals surface area contributed by atoms with E-state index in [0.29, 0.717) is 5.56 Å². The second-order valence-electron chi connectivity index (χ2n) is 7.55. The molecule has 0 radical (unpaired) electrons. The Labute approximate surface area is 189 Å². The summed E-state index contributed by atoms with van der Waals surface area (Å²) in [5.41, 5.74) is 3.56. The number of hydrogen-bond acceptors (Lipinski definition) is 2. The largest absolute Gasteiger partial charge is 0.480 e. The molecule has 0 spiro atoms. The lowest BCUT2D eigenvalue weighted by Gasteiger charge is -2.22. The Balaban J connectivity index is 1.85. The highest BCUT2D eigenvalue weighted by Gasteiger charge is 2.27. The van der Waals surface area contributed by atoms with Crippen LogP contribution in [0.2, 0.25) is 5.02 Å². The van der Waals surface area contributed by atoms with E-state index in [4.69, 9.17) is 11.6 Å². The van der Waals surface area contributed by atoms with Gasteiger partial charge in [-0.2, -0.15) is 0 Å². The molecule has 0 atom stereocenters. The topological polar surface area (TPSA) is 73.4 Å². The van der Waals surface area contributed by atoms with Crippen LogP contribution >= 0.6 is 11.6 Å². The van der Waals surface area contributed by atoms with Crippen LogP contribution in [0.15, 0.2) is 66.7 Å². The predicted molar refractivity (Wildman–Crippen MR) is 122 cm³/mol. The number of amides is 1. The fourth-order valence-electron chi connectivity index (χ4n) is 3.77. The average molecular weight is 451 g/mol. The number of aryl methyl sites for hydroxylation is 1. The quantitative estimate of drug-likeness (QED) is 0.398. The van der Waals surface area contributed by atoms with Crippen molar-refractivity contribution < 1.29 is 19.1 Å². The molecule has 1 aromatic heterocycles. The number of nitrogens with one attached hydrogen (secondary N) is 1. The molecule has 4 rings (SSSR count). The summed E-state index contributed by atoms with van der Waals surface area (Å²) in [6, 6.07) is 19.3. The highest BCUT2D eigenvalue weighted by Crippen LogP contribution is 2.34. The van der Waals surface area contributed by atoms with Crippen molar-refractivity contribution in [1.29, 1.82) is 0 Å². The second-order valence-corrected chi connectivity index (χ2v) is 7.95. The van der Waals surface area contributed by atoms with Gasteiger partial charge >= 0.3 is 5.97 Å². The van der Waals surface area contributed by atoms with Gasteiger partial charge in [-0.05, 0) is 36.8 Å². The van der Waals surface area contributed by atoms with Gasteiger partial charge in [-0.25, -0.2) is 4.39 Å². The smallest absolute Gasteiger partial charge is 0.323 e. The Morgan fingerprint density at radius 1 is 1.06 bits per heavy atom. The van der Waals surface area contributed by atoms with Crippen molar-refractivity contribution in [2.24, 2.45) is 0 Å². The number of carbonyl (C=O) groups excluding carboxylic acids is 1. The number of benzene rings is 3. The van der Waals surface area contributed by atoms with Crippen molar-refractivity contribution >= 4 is 34.4 Å². The summed E-state index contributed by atoms with van der Waals surface area (Å²) in [6.07, 6.45) is 0. The summed E-state index contributed by atoms with van der Waals surface area (Å²) >= 11 is 6.14. The number of aromatic amines is 1. The summed E-state index contributed by atoms with van der Waals surface area (Å²) in [5.74, 6) is -2.37. The van der Waals surface area contributed by atoms with E-state index >= 15 is 0 Å². The van der Waals surface area contributed by atoms with E-state index in [1.807, 2.05) is 55.5 Å². The molecule has 5 nitrogen and oxygen atoms in total. The lowest BCUT2D eigenvalue weighted by Crippen LogP contribution is -2.36. The number of H-pyrrole nitrogens is 1. The molecule has 0 unspecified atom stereocenters. The third-order valence-corrected chi connectivity index (χ3v) is 5.61. The van der Waals surface area contributed by atoms with Crippen molar-refractivity contribution in [2.45, 2.75) is 13.5 Å². The molecule has 2 N–H and O–H groups in total. The number of nitrogens with zero attached hydrogens (tertiary/aromatic N) is 1. The lowest BCUT2D eigenvalue weighted by atomic mass is 10.00. The van der Waals surface area contributed by atoms with Gasteiger partial charge in [0.05, 0.1) is 6.54 Å². The van der Waals surface area contributed by atoms with Crippen molar-refractivity contribution in [1.82, 2.24) is 9.88 Å². The van der Waals surface area contributed by atoms with Crippen LogP contribution in [0, 0.1) is 12.7 Å². The van der Waals surface area contributed by atoms with Crippen LogP contribution in [0.5, 0.6) is 0 Å². The maximum absolute atomic E-state index is 14.4. The molecule has 4 aromatic rings. The molecular weight excluding hydrogens is 431 g/mol. The minimum Gasteiger partial charge on any atom is -0.480 e. The minimum atomic E-state index is -1.21. The first kappa shape index (κ1) is 21.6. The Morgan fingerprint density at radius 2 is 1.81 bits per heavy atom. The minimum absolute atomic E-state index is 0.0667. The van der Waals surface area contributed by atoms with Gasteiger partial charge in [-0.3, -0.25) is 9.59 Å². The van der Waals surface area contributed by atoms with Crippen molar-refractivity contribution in [3.63, 3.8) is 0 Å². The predicted octanol–water partition coefficient (Wildman–Crippen LogP) is 5.66. The third kappa shape index (κ3) is 4.22. The van der Waals surface area contributed by atoms with E-state index < -0.39 is 24.2 Å². The molecule has 0 saturated carbocycles.